The van der Waals surface area contributed by atoms with Crippen LogP contribution in [0.15, 0.2) is 18.2 Å². The number of nitrogens with one attached hydrogen (secondary N) is 2. The number of ether oxygens (including phenoxy) is 1. The molecule has 0 bridgehead atoms. The second-order valence-corrected chi connectivity index (χ2v) is 6.80. The summed E-state index contributed by atoms with van der Waals surface area (Å²) in [5.41, 5.74) is 1.65. The Bertz CT molecular complexity index is 800. The van der Waals surface area contributed by atoms with Gasteiger partial charge in [-0.05, 0) is 31.4 Å². The summed E-state index contributed by atoms with van der Waals surface area (Å²) < 4.78 is 4.86. The van der Waals surface area contributed by atoms with E-state index in [1.54, 1.807) is 19.1 Å². The summed E-state index contributed by atoms with van der Waals surface area (Å²) in [4.78, 5) is 48.7. The summed E-state index contributed by atoms with van der Waals surface area (Å²) in [6, 6.07) is 3.87. The maximum atomic E-state index is 12.6. The monoisotopic (exact) mass is 375 g/mol. The van der Waals surface area contributed by atoms with Crippen LogP contribution >= 0.6 is 0 Å². The van der Waals surface area contributed by atoms with Crippen LogP contribution in [0.5, 0.6) is 5.75 Å². The minimum atomic E-state index is -0.952. The van der Waals surface area contributed by atoms with Crippen molar-refractivity contribution in [1.82, 2.24) is 15.8 Å². The van der Waals surface area contributed by atoms with Gasteiger partial charge in [-0.25, -0.2) is 9.59 Å². The van der Waals surface area contributed by atoms with E-state index in [1.165, 1.54) is 6.07 Å². The molecule has 1 spiro atoms. The van der Waals surface area contributed by atoms with Crippen LogP contribution < -0.4 is 10.7 Å². The number of aryl methyl sites for hydroxylation is 1. The van der Waals surface area contributed by atoms with Crippen molar-refractivity contribution in [3.05, 3.63) is 29.3 Å². The zero-order chi connectivity index (χ0) is 19.6. The quantitative estimate of drug-likeness (QED) is 0.535. The van der Waals surface area contributed by atoms with Gasteiger partial charge >= 0.3 is 12.0 Å². The molecule has 1 aliphatic carbocycles. The summed E-state index contributed by atoms with van der Waals surface area (Å²) in [7, 11) is 0. The van der Waals surface area contributed by atoms with E-state index in [9.17, 15) is 24.3 Å². The van der Waals surface area contributed by atoms with Gasteiger partial charge in [0.25, 0.3) is 11.8 Å². The minimum Gasteiger partial charge on any atom is -0.507 e. The maximum Gasteiger partial charge on any atom is 0.344 e. The SMILES string of the molecule is Cc1cccc(C(=O)OCC(=O)NN2C(=O)NC3(CCCCC3)C2=O)c1O. The minimum absolute atomic E-state index is 0.0704. The number of aromatic hydroxyl groups is 1. The van der Waals surface area contributed by atoms with Crippen molar-refractivity contribution < 1.29 is 29.0 Å². The average Bonchev–Trinajstić information content (AvgIpc) is 2.86. The smallest absolute Gasteiger partial charge is 0.344 e. The number of phenolic OH excluding ortho intramolecular Hbond substituents is 1. The number of rotatable bonds is 4. The van der Waals surface area contributed by atoms with Gasteiger partial charge in [0, 0.05) is 0 Å². The molecule has 2 fully saturated rings. The van der Waals surface area contributed by atoms with Crippen molar-refractivity contribution in [3.63, 3.8) is 0 Å². The van der Waals surface area contributed by atoms with Gasteiger partial charge in [0.2, 0.25) is 0 Å². The van der Waals surface area contributed by atoms with E-state index in [-0.39, 0.29) is 11.3 Å². The summed E-state index contributed by atoms with van der Waals surface area (Å²) in [5.74, 6) is -2.43. The average molecular weight is 375 g/mol. The number of nitrogens with zero attached hydrogens (tertiary/aromatic N) is 1. The first kappa shape index (κ1) is 18.7. The Morgan fingerprint density at radius 2 is 1.96 bits per heavy atom. The molecule has 27 heavy (non-hydrogen) atoms. The summed E-state index contributed by atoms with van der Waals surface area (Å²) >= 11 is 0. The second kappa shape index (κ2) is 7.26. The number of para-hydroxylation sites is 1. The number of imide groups is 1. The molecule has 1 aromatic carbocycles. The van der Waals surface area contributed by atoms with Gasteiger partial charge in [-0.1, -0.05) is 31.4 Å². The predicted molar refractivity (Wildman–Crippen MR) is 92.5 cm³/mol. The van der Waals surface area contributed by atoms with Crippen LogP contribution in [0, 0.1) is 6.92 Å². The second-order valence-electron chi connectivity index (χ2n) is 6.80. The lowest BCUT2D eigenvalue weighted by Crippen LogP contribution is -2.51. The highest BCUT2D eigenvalue weighted by molar-refractivity contribution is 6.08. The number of phenols is 1. The van der Waals surface area contributed by atoms with Crippen molar-refractivity contribution >= 4 is 23.8 Å². The van der Waals surface area contributed by atoms with E-state index in [1.807, 2.05) is 0 Å². The molecule has 1 saturated heterocycles. The lowest BCUT2D eigenvalue weighted by molar-refractivity contribution is -0.140. The Balaban J connectivity index is 1.58. The molecule has 9 heteroatoms. The van der Waals surface area contributed by atoms with Crippen molar-refractivity contribution in [2.24, 2.45) is 0 Å². The van der Waals surface area contributed by atoms with Crippen LogP contribution in [-0.4, -0.2) is 46.1 Å². The molecule has 1 saturated carbocycles. The van der Waals surface area contributed by atoms with E-state index in [4.69, 9.17) is 4.74 Å². The third kappa shape index (κ3) is 3.57. The lowest BCUT2D eigenvalue weighted by atomic mass is 9.82. The number of hydrogen-bond acceptors (Lipinski definition) is 6. The molecule has 3 N–H and O–H groups in total. The number of hydrazine groups is 1. The molecule has 1 heterocycles. The molecule has 4 amide bonds. The highest BCUT2D eigenvalue weighted by Gasteiger charge is 2.52. The molecule has 1 aromatic rings. The highest BCUT2D eigenvalue weighted by Crippen LogP contribution is 2.33. The Labute approximate surface area is 155 Å². The zero-order valence-corrected chi connectivity index (χ0v) is 14.9. The van der Waals surface area contributed by atoms with Crippen molar-refractivity contribution in [2.45, 2.75) is 44.6 Å². The standard InChI is InChI=1S/C18H21N3O6/c1-11-6-5-7-12(14(11)23)15(24)27-10-13(22)20-21-16(25)18(19-17(21)26)8-3-2-4-9-18/h5-7,23H,2-4,8-10H2,1H3,(H,19,26)(H,20,22). The lowest BCUT2D eigenvalue weighted by Gasteiger charge is -2.30. The molecule has 0 aromatic heterocycles. The van der Waals surface area contributed by atoms with Crippen LogP contribution in [0.25, 0.3) is 0 Å². The number of esters is 1. The van der Waals surface area contributed by atoms with Crippen LogP contribution in [0.2, 0.25) is 0 Å². The first-order chi connectivity index (χ1) is 12.8. The van der Waals surface area contributed by atoms with Gasteiger partial charge in [-0.2, -0.15) is 5.01 Å². The molecular weight excluding hydrogens is 354 g/mol. The first-order valence-corrected chi connectivity index (χ1v) is 8.76. The summed E-state index contributed by atoms with van der Waals surface area (Å²) in [6.07, 6.45) is 3.72. The number of urea groups is 1. The predicted octanol–water partition coefficient (Wildman–Crippen LogP) is 1.14. The van der Waals surface area contributed by atoms with Crippen molar-refractivity contribution in [3.8, 4) is 5.75 Å². The fourth-order valence-electron chi connectivity index (χ4n) is 3.41. The molecule has 0 atom stereocenters. The Kier molecular flexibility index (Phi) is 5.02. The zero-order valence-electron chi connectivity index (χ0n) is 14.9. The topological polar surface area (TPSA) is 125 Å². The van der Waals surface area contributed by atoms with E-state index < -0.39 is 36.0 Å². The Morgan fingerprint density at radius 3 is 2.67 bits per heavy atom. The third-order valence-electron chi connectivity index (χ3n) is 4.90. The van der Waals surface area contributed by atoms with Gasteiger partial charge in [0.15, 0.2) is 6.61 Å². The normalized spacial score (nSPS) is 18.3. The summed E-state index contributed by atoms with van der Waals surface area (Å²) in [6.45, 7) is 0.924. The molecule has 3 rings (SSSR count). The fourth-order valence-corrected chi connectivity index (χ4v) is 3.41. The van der Waals surface area contributed by atoms with E-state index in [0.29, 0.717) is 23.4 Å². The van der Waals surface area contributed by atoms with Gasteiger partial charge < -0.3 is 15.2 Å². The van der Waals surface area contributed by atoms with Crippen LogP contribution in [0.3, 0.4) is 0 Å². The van der Waals surface area contributed by atoms with Gasteiger partial charge in [-0.3, -0.25) is 15.0 Å². The third-order valence-corrected chi connectivity index (χ3v) is 4.90. The number of carbonyl (C=O) groups is 4. The highest BCUT2D eigenvalue weighted by atomic mass is 16.5. The first-order valence-electron chi connectivity index (χ1n) is 8.76. The van der Waals surface area contributed by atoms with E-state index in [2.05, 4.69) is 10.7 Å². The largest absolute Gasteiger partial charge is 0.507 e. The summed E-state index contributed by atoms with van der Waals surface area (Å²) in [5, 5.41) is 13.2. The van der Waals surface area contributed by atoms with Crippen LogP contribution in [0.1, 0.15) is 48.0 Å². The number of carbonyl (C=O) groups excluding carboxylic acids is 4. The van der Waals surface area contributed by atoms with Crippen molar-refractivity contribution in [2.75, 3.05) is 6.61 Å². The molecule has 0 radical (unpaired) electrons. The van der Waals surface area contributed by atoms with Crippen molar-refractivity contribution in [1.29, 1.82) is 0 Å². The van der Waals surface area contributed by atoms with Gasteiger partial charge in [-0.15, -0.1) is 0 Å². The number of benzene rings is 1. The Morgan fingerprint density at radius 1 is 1.26 bits per heavy atom. The van der Waals surface area contributed by atoms with Gasteiger partial charge in [0.05, 0.1) is 0 Å². The molecular formula is C18H21N3O6. The number of hydrogen-bond donors (Lipinski definition) is 3. The Hall–Kier alpha value is -3.10. The number of amides is 4. The van der Waals surface area contributed by atoms with E-state index >= 15 is 0 Å². The van der Waals surface area contributed by atoms with E-state index in [0.717, 1.165) is 19.3 Å². The maximum absolute atomic E-state index is 12.6. The molecule has 0 unspecified atom stereocenters. The van der Waals surface area contributed by atoms with Crippen LogP contribution in [-0.2, 0) is 14.3 Å². The van der Waals surface area contributed by atoms with Gasteiger partial charge in [0.1, 0.15) is 16.9 Å². The molecule has 144 valence electrons. The fraction of sp³-hybridized carbons (Fsp3) is 0.444. The molecule has 1 aliphatic heterocycles. The molecule has 9 nitrogen and oxygen atoms in total. The van der Waals surface area contributed by atoms with Crippen LogP contribution in [0.4, 0.5) is 4.79 Å². The molecule has 2 aliphatic rings.